The Hall–Kier alpha value is -3.62. The van der Waals surface area contributed by atoms with Gasteiger partial charge in [0.15, 0.2) is 5.13 Å². The van der Waals surface area contributed by atoms with E-state index in [2.05, 4.69) is 74.7 Å². The van der Waals surface area contributed by atoms with Gasteiger partial charge in [-0.15, -0.1) is 11.3 Å². The minimum atomic E-state index is 0.108. The number of nitrogens with zero attached hydrogens (tertiary/aromatic N) is 4. The molecule has 0 saturated carbocycles. The highest BCUT2D eigenvalue weighted by Crippen LogP contribution is 2.37. The van der Waals surface area contributed by atoms with Crippen LogP contribution in [0.2, 0.25) is 0 Å². The molecule has 0 bridgehead atoms. The minimum absolute atomic E-state index is 0.108. The predicted octanol–water partition coefficient (Wildman–Crippen LogP) is 5.10. The van der Waals surface area contributed by atoms with Crippen molar-refractivity contribution in [2.45, 2.75) is 32.4 Å². The zero-order chi connectivity index (χ0) is 26.9. The van der Waals surface area contributed by atoms with Gasteiger partial charge in [0.1, 0.15) is 0 Å². The molecule has 39 heavy (non-hydrogen) atoms. The number of thiazole rings is 1. The Morgan fingerprint density at radius 1 is 1.18 bits per heavy atom. The molecule has 8 heteroatoms. The Morgan fingerprint density at radius 2 is 2.00 bits per heavy atom. The summed E-state index contributed by atoms with van der Waals surface area (Å²) in [5.74, 6) is 0.265. The van der Waals surface area contributed by atoms with Gasteiger partial charge in [-0.3, -0.25) is 4.79 Å². The third-order valence-electron chi connectivity index (χ3n) is 8.23. The molecule has 0 aliphatic carbocycles. The SMILES string of the molecule is C=C(N)c1cccc(-c2cn(C3CCN(c4nccs4)CC3)c3cc(CNC(=O)C4CN(CC)C4)ccc23)c1. The van der Waals surface area contributed by atoms with Crippen LogP contribution in [0, 0.1) is 5.92 Å². The van der Waals surface area contributed by atoms with Gasteiger partial charge in [0.25, 0.3) is 0 Å². The quantitative estimate of drug-likeness (QED) is 0.325. The van der Waals surface area contributed by atoms with Crippen molar-refractivity contribution in [1.82, 2.24) is 19.8 Å². The Balaban J connectivity index is 1.29. The number of fused-ring (bicyclic) bond motifs is 1. The number of nitrogens with one attached hydrogen (secondary N) is 1. The Kier molecular flexibility index (Phi) is 7.14. The molecule has 2 aromatic carbocycles. The molecule has 0 unspecified atom stereocenters. The summed E-state index contributed by atoms with van der Waals surface area (Å²) in [6.07, 6.45) is 6.30. The van der Waals surface area contributed by atoms with Crippen molar-refractivity contribution < 1.29 is 4.79 Å². The first-order chi connectivity index (χ1) is 19.0. The maximum Gasteiger partial charge on any atom is 0.225 e. The van der Waals surface area contributed by atoms with Crippen LogP contribution >= 0.6 is 11.3 Å². The molecular weight excluding hydrogens is 504 g/mol. The van der Waals surface area contributed by atoms with E-state index in [1.54, 1.807) is 11.3 Å². The molecule has 202 valence electrons. The lowest BCUT2D eigenvalue weighted by Gasteiger charge is -2.37. The number of hydrogen-bond acceptors (Lipinski definition) is 6. The van der Waals surface area contributed by atoms with Crippen molar-refractivity contribution in [3.63, 3.8) is 0 Å². The van der Waals surface area contributed by atoms with E-state index in [1.807, 2.05) is 23.7 Å². The topological polar surface area (TPSA) is 79.4 Å². The first kappa shape index (κ1) is 25.6. The van der Waals surface area contributed by atoms with Crippen LogP contribution in [0.5, 0.6) is 0 Å². The number of likely N-dealkylation sites (tertiary alicyclic amines) is 1. The highest BCUT2D eigenvalue weighted by atomic mass is 32.1. The molecule has 0 radical (unpaired) electrons. The smallest absolute Gasteiger partial charge is 0.225 e. The molecule has 2 saturated heterocycles. The van der Waals surface area contributed by atoms with Crippen molar-refractivity contribution in [1.29, 1.82) is 0 Å². The van der Waals surface area contributed by atoms with E-state index in [1.165, 1.54) is 16.5 Å². The average molecular weight is 541 g/mol. The van der Waals surface area contributed by atoms with Crippen LogP contribution in [-0.2, 0) is 11.3 Å². The number of hydrogen-bond donors (Lipinski definition) is 2. The number of carbonyl (C=O) groups excluding carboxylic acids is 1. The van der Waals surface area contributed by atoms with Crippen molar-refractivity contribution in [3.05, 3.63) is 77.9 Å². The van der Waals surface area contributed by atoms with Gasteiger partial charge in [-0.05, 0) is 48.2 Å². The van der Waals surface area contributed by atoms with Crippen LogP contribution in [0.25, 0.3) is 27.7 Å². The molecular formula is C31H36N6OS. The molecule has 4 heterocycles. The van der Waals surface area contributed by atoms with Gasteiger partial charge in [-0.2, -0.15) is 0 Å². The second-order valence-electron chi connectivity index (χ2n) is 10.7. The summed E-state index contributed by atoms with van der Waals surface area (Å²) in [4.78, 5) is 21.9. The first-order valence-electron chi connectivity index (χ1n) is 13.8. The fourth-order valence-corrected chi connectivity index (χ4v) is 6.56. The van der Waals surface area contributed by atoms with Crippen molar-refractivity contribution >= 4 is 39.0 Å². The standard InChI is InChI=1S/C31H36N6OS/c1-3-35-18-25(19-35)30(38)34-17-22-7-8-27-28(24-6-4-5-23(16-24)21(2)32)20-37(29(27)15-22)26-9-12-36(13-10-26)31-33-11-14-39-31/h4-8,11,14-16,20,25-26H,2-3,9-10,12-13,17-19,32H2,1H3,(H,34,38). The van der Waals surface area contributed by atoms with E-state index in [0.717, 1.165) is 67.4 Å². The van der Waals surface area contributed by atoms with Gasteiger partial charge in [-0.1, -0.05) is 43.8 Å². The summed E-state index contributed by atoms with van der Waals surface area (Å²) < 4.78 is 2.46. The summed E-state index contributed by atoms with van der Waals surface area (Å²) in [5.41, 5.74) is 12.2. The van der Waals surface area contributed by atoms with Crippen LogP contribution in [0.4, 0.5) is 5.13 Å². The fourth-order valence-electron chi connectivity index (χ4n) is 5.86. The molecule has 2 aliphatic heterocycles. The van der Waals surface area contributed by atoms with Crippen molar-refractivity contribution in [2.75, 3.05) is 37.6 Å². The van der Waals surface area contributed by atoms with Crippen LogP contribution in [0.3, 0.4) is 0 Å². The van der Waals surface area contributed by atoms with Crippen LogP contribution in [0.1, 0.15) is 36.9 Å². The number of anilines is 1. The zero-order valence-corrected chi connectivity index (χ0v) is 23.3. The van der Waals surface area contributed by atoms with E-state index >= 15 is 0 Å². The molecule has 6 rings (SSSR count). The Labute approximate surface area is 233 Å². The third kappa shape index (κ3) is 5.18. The lowest BCUT2D eigenvalue weighted by molar-refractivity contribution is -0.130. The minimum Gasteiger partial charge on any atom is -0.399 e. The molecule has 7 nitrogen and oxygen atoms in total. The average Bonchev–Trinajstić information content (AvgIpc) is 3.60. The van der Waals surface area contributed by atoms with E-state index in [9.17, 15) is 4.79 Å². The lowest BCUT2D eigenvalue weighted by atomic mass is 9.99. The maximum atomic E-state index is 12.7. The second kappa shape index (κ2) is 10.9. The number of aromatic nitrogens is 2. The van der Waals surface area contributed by atoms with Crippen LogP contribution < -0.4 is 16.0 Å². The van der Waals surface area contributed by atoms with E-state index in [0.29, 0.717) is 18.3 Å². The summed E-state index contributed by atoms with van der Waals surface area (Å²) in [7, 11) is 0. The van der Waals surface area contributed by atoms with Crippen molar-refractivity contribution in [2.24, 2.45) is 11.7 Å². The van der Waals surface area contributed by atoms with E-state index < -0.39 is 0 Å². The summed E-state index contributed by atoms with van der Waals surface area (Å²) in [5, 5.41) is 7.54. The predicted molar refractivity (Wildman–Crippen MR) is 161 cm³/mol. The molecule has 0 spiro atoms. The number of amides is 1. The zero-order valence-electron chi connectivity index (χ0n) is 22.5. The lowest BCUT2D eigenvalue weighted by Crippen LogP contribution is -2.53. The van der Waals surface area contributed by atoms with Gasteiger partial charge in [-0.25, -0.2) is 4.98 Å². The van der Waals surface area contributed by atoms with Crippen molar-refractivity contribution in [3.8, 4) is 11.1 Å². The Morgan fingerprint density at radius 3 is 2.72 bits per heavy atom. The summed E-state index contributed by atoms with van der Waals surface area (Å²) >= 11 is 1.71. The number of piperidine rings is 1. The highest BCUT2D eigenvalue weighted by Gasteiger charge is 2.31. The molecule has 4 aromatic rings. The second-order valence-corrected chi connectivity index (χ2v) is 11.6. The fraction of sp³-hybridized carbons (Fsp3) is 0.355. The summed E-state index contributed by atoms with van der Waals surface area (Å²) in [6.45, 7) is 11.3. The summed E-state index contributed by atoms with van der Waals surface area (Å²) in [6, 6.07) is 15.3. The van der Waals surface area contributed by atoms with E-state index in [4.69, 9.17) is 5.73 Å². The largest absolute Gasteiger partial charge is 0.399 e. The number of carbonyl (C=O) groups is 1. The third-order valence-corrected chi connectivity index (χ3v) is 9.06. The molecule has 2 aromatic heterocycles. The number of nitrogens with two attached hydrogens (primary N) is 1. The first-order valence-corrected chi connectivity index (χ1v) is 14.7. The van der Waals surface area contributed by atoms with Gasteiger partial charge < -0.3 is 25.4 Å². The normalized spacial score (nSPS) is 16.9. The van der Waals surface area contributed by atoms with Gasteiger partial charge in [0.05, 0.1) is 5.92 Å². The van der Waals surface area contributed by atoms with Gasteiger partial charge in [0, 0.05) is 78.7 Å². The van der Waals surface area contributed by atoms with Crippen LogP contribution in [0.15, 0.2) is 66.8 Å². The number of benzene rings is 2. The molecule has 3 N–H and O–H groups in total. The van der Waals surface area contributed by atoms with Gasteiger partial charge >= 0.3 is 0 Å². The molecule has 1 amide bonds. The highest BCUT2D eigenvalue weighted by molar-refractivity contribution is 7.13. The molecule has 2 fully saturated rings. The molecule has 2 aliphatic rings. The number of rotatable bonds is 8. The Bertz CT molecular complexity index is 1480. The molecule has 0 atom stereocenters. The van der Waals surface area contributed by atoms with Crippen LogP contribution in [-0.4, -0.2) is 53.1 Å². The maximum absolute atomic E-state index is 12.7. The van der Waals surface area contributed by atoms with E-state index in [-0.39, 0.29) is 11.8 Å². The monoisotopic (exact) mass is 540 g/mol. The van der Waals surface area contributed by atoms with Gasteiger partial charge in [0.2, 0.25) is 5.91 Å².